The van der Waals surface area contributed by atoms with Crippen molar-refractivity contribution in [2.45, 2.75) is 69.9 Å². The topological polar surface area (TPSA) is 187 Å². The highest BCUT2D eigenvalue weighted by Gasteiger charge is 2.35. The van der Waals surface area contributed by atoms with Crippen molar-refractivity contribution in [1.82, 2.24) is 15.1 Å². The van der Waals surface area contributed by atoms with Crippen molar-refractivity contribution < 1.29 is 37.2 Å². The van der Waals surface area contributed by atoms with E-state index in [1.54, 1.807) is 32.9 Å². The number of guanidine groups is 1. The molecule has 0 aromatic heterocycles. The monoisotopic (exact) mass is 525 g/mol. The summed E-state index contributed by atoms with van der Waals surface area (Å²) in [5.41, 5.74) is 5.74. The first-order valence-electron chi connectivity index (χ1n) is 11.1. The molecule has 1 heterocycles. The van der Waals surface area contributed by atoms with Crippen LogP contribution in [0.1, 0.15) is 52.0 Å². The smallest absolute Gasteiger partial charge is 0.408 e. The van der Waals surface area contributed by atoms with Crippen molar-refractivity contribution in [2.24, 2.45) is 10.7 Å². The van der Waals surface area contributed by atoms with Gasteiger partial charge in [0, 0.05) is 19.4 Å². The first-order chi connectivity index (χ1) is 16.7. The summed E-state index contributed by atoms with van der Waals surface area (Å²) >= 11 is 0. The average Bonchev–Trinajstić information content (AvgIpc) is 3.06. The summed E-state index contributed by atoms with van der Waals surface area (Å²) in [5.74, 6) is -2.73. The molecule has 0 radical (unpaired) electrons. The first kappa shape index (κ1) is 28.6. The fraction of sp³-hybridized carbons (Fsp3) is 0.500. The number of amides is 3. The number of nitrogens with zero attached hydrogens (tertiary/aromatic N) is 2. The molecule has 1 atom stereocenters. The lowest BCUT2D eigenvalue weighted by Crippen LogP contribution is -2.47. The fourth-order valence-corrected chi connectivity index (χ4v) is 3.90. The molecule has 0 saturated carbocycles. The normalized spacial score (nSPS) is 15.4. The second kappa shape index (κ2) is 11.8. The zero-order chi connectivity index (χ0) is 27.1. The van der Waals surface area contributed by atoms with Crippen molar-refractivity contribution in [1.29, 1.82) is 0 Å². The number of hydrogen-bond acceptors (Lipinski definition) is 9. The Labute approximate surface area is 209 Å². The highest BCUT2D eigenvalue weighted by Crippen LogP contribution is 2.15. The third kappa shape index (κ3) is 8.83. The summed E-state index contributed by atoms with van der Waals surface area (Å²) in [4.78, 5) is 57.1. The number of sulfonamides is 1. The molecule has 1 fully saturated rings. The van der Waals surface area contributed by atoms with E-state index in [1.807, 2.05) is 6.92 Å². The summed E-state index contributed by atoms with van der Waals surface area (Å²) in [7, 11) is -3.92. The Bertz CT molecular complexity index is 1110. The van der Waals surface area contributed by atoms with E-state index < -0.39 is 45.5 Å². The number of nitrogens with one attached hydrogen (secondary N) is 2. The van der Waals surface area contributed by atoms with Gasteiger partial charge in [-0.15, -0.1) is 5.06 Å². The van der Waals surface area contributed by atoms with Crippen molar-refractivity contribution in [2.75, 3.05) is 6.54 Å². The minimum Gasteiger partial charge on any atom is -0.444 e. The van der Waals surface area contributed by atoms with Gasteiger partial charge < -0.3 is 20.6 Å². The summed E-state index contributed by atoms with van der Waals surface area (Å²) < 4.78 is 32.1. The van der Waals surface area contributed by atoms with Gasteiger partial charge in [-0.1, -0.05) is 17.7 Å². The lowest BCUT2D eigenvalue weighted by Gasteiger charge is -2.23. The molecule has 13 nitrogen and oxygen atoms in total. The molecule has 1 saturated heterocycles. The first-order valence-corrected chi connectivity index (χ1v) is 12.6. The lowest BCUT2D eigenvalue weighted by atomic mass is 10.1. The molecule has 3 amide bonds. The number of hydroxylamine groups is 2. The van der Waals surface area contributed by atoms with Crippen LogP contribution in [0.2, 0.25) is 0 Å². The molecular weight excluding hydrogens is 494 g/mol. The number of aliphatic imine (C=N–C) groups is 1. The minimum absolute atomic E-state index is 0.0103. The van der Waals surface area contributed by atoms with E-state index in [0.717, 1.165) is 5.56 Å². The Hall–Kier alpha value is -3.68. The van der Waals surface area contributed by atoms with E-state index >= 15 is 0 Å². The predicted octanol–water partition coefficient (Wildman–Crippen LogP) is 0.869. The quantitative estimate of drug-likeness (QED) is 0.182. The molecule has 0 aliphatic carbocycles. The van der Waals surface area contributed by atoms with Gasteiger partial charge >= 0.3 is 12.1 Å². The van der Waals surface area contributed by atoms with Gasteiger partial charge in [-0.05, 0) is 52.7 Å². The number of aryl methyl sites for hydroxylation is 1. The van der Waals surface area contributed by atoms with Gasteiger partial charge in [-0.25, -0.2) is 22.7 Å². The molecule has 0 spiro atoms. The number of imide groups is 1. The van der Waals surface area contributed by atoms with Gasteiger partial charge in [-0.2, -0.15) is 0 Å². The van der Waals surface area contributed by atoms with Crippen LogP contribution in [0.15, 0.2) is 34.2 Å². The van der Waals surface area contributed by atoms with Crippen LogP contribution < -0.4 is 15.8 Å². The van der Waals surface area contributed by atoms with E-state index in [4.69, 9.17) is 15.3 Å². The number of nitrogens with two attached hydrogens (primary N) is 1. The van der Waals surface area contributed by atoms with Crippen LogP contribution in [0.25, 0.3) is 0 Å². The third-order valence-corrected chi connectivity index (χ3v) is 6.04. The zero-order valence-corrected chi connectivity index (χ0v) is 21.4. The molecule has 0 bridgehead atoms. The van der Waals surface area contributed by atoms with E-state index in [-0.39, 0.29) is 43.1 Å². The molecule has 1 aromatic rings. The molecule has 2 rings (SSSR count). The van der Waals surface area contributed by atoms with Gasteiger partial charge in [0.15, 0.2) is 0 Å². The fourth-order valence-electron chi connectivity index (χ4n) is 2.95. The van der Waals surface area contributed by atoms with E-state index in [1.165, 1.54) is 12.1 Å². The van der Waals surface area contributed by atoms with Crippen LogP contribution in [-0.4, -0.2) is 61.5 Å². The van der Waals surface area contributed by atoms with Crippen LogP contribution >= 0.6 is 0 Å². The molecular formula is C22H31N5O8S. The highest BCUT2D eigenvalue weighted by atomic mass is 32.2. The Balaban J connectivity index is 1.99. The Kier molecular flexibility index (Phi) is 9.39. The molecule has 1 aromatic carbocycles. The average molecular weight is 526 g/mol. The van der Waals surface area contributed by atoms with Crippen molar-refractivity contribution in [3.05, 3.63) is 29.8 Å². The minimum atomic E-state index is -3.92. The van der Waals surface area contributed by atoms with Crippen molar-refractivity contribution >= 4 is 39.9 Å². The van der Waals surface area contributed by atoms with Gasteiger partial charge in [0.25, 0.3) is 21.8 Å². The van der Waals surface area contributed by atoms with Crippen LogP contribution in [0.4, 0.5) is 4.79 Å². The third-order valence-electron chi connectivity index (χ3n) is 4.67. The largest absolute Gasteiger partial charge is 0.444 e. The molecule has 198 valence electrons. The van der Waals surface area contributed by atoms with Crippen LogP contribution in [-0.2, 0) is 34.0 Å². The van der Waals surface area contributed by atoms with Crippen LogP contribution in [0.5, 0.6) is 0 Å². The van der Waals surface area contributed by atoms with E-state index in [0.29, 0.717) is 5.06 Å². The Morgan fingerprint density at radius 2 is 1.72 bits per heavy atom. The Morgan fingerprint density at radius 3 is 2.28 bits per heavy atom. The number of alkyl carbamates (subject to hydrolysis) is 1. The number of carbonyl (C=O) groups is 4. The van der Waals surface area contributed by atoms with Gasteiger partial charge in [0.2, 0.25) is 5.96 Å². The molecule has 4 N–H and O–H groups in total. The predicted molar refractivity (Wildman–Crippen MR) is 128 cm³/mol. The summed E-state index contributed by atoms with van der Waals surface area (Å²) in [6.45, 7) is 6.72. The molecule has 36 heavy (non-hydrogen) atoms. The van der Waals surface area contributed by atoms with Gasteiger partial charge in [0.05, 0.1) is 4.90 Å². The number of benzene rings is 1. The summed E-state index contributed by atoms with van der Waals surface area (Å²) in [6.07, 6.45) is -0.941. The second-order valence-electron chi connectivity index (χ2n) is 9.02. The number of rotatable bonds is 9. The summed E-state index contributed by atoms with van der Waals surface area (Å²) in [5, 5.41) is 2.73. The molecule has 0 unspecified atom stereocenters. The van der Waals surface area contributed by atoms with Gasteiger partial charge in [-0.3, -0.25) is 14.6 Å². The molecule has 1 aliphatic rings. The van der Waals surface area contributed by atoms with Gasteiger partial charge in [0.1, 0.15) is 11.6 Å². The number of carbonyl (C=O) groups excluding carboxylic acids is 4. The van der Waals surface area contributed by atoms with Crippen molar-refractivity contribution in [3.8, 4) is 0 Å². The Morgan fingerprint density at radius 1 is 1.14 bits per heavy atom. The number of hydrogen-bond donors (Lipinski definition) is 3. The summed E-state index contributed by atoms with van der Waals surface area (Å²) in [6, 6.07) is 4.87. The van der Waals surface area contributed by atoms with E-state index in [9.17, 15) is 27.6 Å². The maximum atomic E-state index is 12.6. The molecule has 14 heteroatoms. The lowest BCUT2D eigenvalue weighted by molar-refractivity contribution is -0.199. The van der Waals surface area contributed by atoms with Crippen LogP contribution in [0, 0.1) is 6.92 Å². The van der Waals surface area contributed by atoms with E-state index in [2.05, 4.69) is 15.0 Å². The molecule has 1 aliphatic heterocycles. The number of ether oxygens (including phenoxy) is 1. The zero-order valence-electron chi connectivity index (χ0n) is 20.6. The standard InChI is InChI=1S/C22H31N5O8S/c1-14-7-9-15(10-8-14)36(32,33)26-20(23)24-13-5-6-16(25-21(31)34-22(2,3)4)19(30)35-27-17(28)11-12-18(27)29/h7-10,16H,5-6,11-13H2,1-4H3,(H,25,31)(H3,23,24,26)/t16-/m0/s1. The second-order valence-corrected chi connectivity index (χ2v) is 10.7. The van der Waals surface area contributed by atoms with Crippen LogP contribution in [0.3, 0.4) is 0 Å². The maximum absolute atomic E-state index is 12.6. The highest BCUT2D eigenvalue weighted by molar-refractivity contribution is 7.90. The SMILES string of the molecule is Cc1ccc(S(=O)(=O)NC(N)=NCCC[C@H](NC(=O)OC(C)(C)C)C(=O)ON2C(=O)CCC2=O)cc1. The maximum Gasteiger partial charge on any atom is 0.408 e. The van der Waals surface area contributed by atoms with Crippen molar-refractivity contribution in [3.63, 3.8) is 0 Å².